The fourth-order valence-electron chi connectivity index (χ4n) is 2.46. The van der Waals surface area contributed by atoms with Crippen molar-refractivity contribution in [3.8, 4) is 0 Å². The molecule has 1 aliphatic rings. The Labute approximate surface area is 136 Å². The summed E-state index contributed by atoms with van der Waals surface area (Å²) in [7, 11) is 0. The fraction of sp³-hybridized carbons (Fsp3) is 0.583. The van der Waals surface area contributed by atoms with Gasteiger partial charge in [0, 0.05) is 13.1 Å². The van der Waals surface area contributed by atoms with E-state index < -0.39 is 31.1 Å². The average molecular weight is 342 g/mol. The molecule has 2 unspecified atom stereocenters. The van der Waals surface area contributed by atoms with E-state index >= 15 is 0 Å². The van der Waals surface area contributed by atoms with Crippen molar-refractivity contribution in [2.45, 2.75) is 29.6 Å². The van der Waals surface area contributed by atoms with Gasteiger partial charge in [0.25, 0.3) is 0 Å². The second kappa shape index (κ2) is 6.55. The van der Waals surface area contributed by atoms with Gasteiger partial charge in [-0.05, 0) is 0 Å². The third-order valence-corrected chi connectivity index (χ3v) is 3.93. The van der Waals surface area contributed by atoms with Crippen molar-refractivity contribution in [1.29, 1.82) is 0 Å². The van der Waals surface area contributed by atoms with Gasteiger partial charge >= 0.3 is 0 Å². The molecule has 0 bridgehead atoms. The number of nitrogens with two attached hydrogens (primary N) is 1. The van der Waals surface area contributed by atoms with Gasteiger partial charge in [-0.1, -0.05) is 0 Å². The van der Waals surface area contributed by atoms with Crippen LogP contribution in [0.1, 0.15) is 6.23 Å². The normalized spacial score (nSPS) is 27.7. The summed E-state index contributed by atoms with van der Waals surface area (Å²) in [5.74, 6) is 0.321. The van der Waals surface area contributed by atoms with Crippen molar-refractivity contribution in [2.75, 3.05) is 25.0 Å². The fourth-order valence-corrected chi connectivity index (χ4v) is 2.71. The first-order chi connectivity index (χ1) is 11.1. The highest BCUT2D eigenvalue weighted by Crippen LogP contribution is 2.32. The van der Waals surface area contributed by atoms with Gasteiger partial charge in [0.2, 0.25) is 5.95 Å². The van der Waals surface area contributed by atoms with E-state index in [1.807, 2.05) is 0 Å². The van der Waals surface area contributed by atoms with E-state index in [1.54, 1.807) is 0 Å². The molecule has 2 aromatic rings. The van der Waals surface area contributed by atoms with Crippen molar-refractivity contribution >= 4 is 29.7 Å². The maximum absolute atomic E-state index is 10.1. The van der Waals surface area contributed by atoms with E-state index in [0.29, 0.717) is 35.2 Å². The van der Waals surface area contributed by atoms with E-state index in [0.717, 1.165) is 0 Å². The Hall–Kier alpha value is -1.50. The van der Waals surface area contributed by atoms with Crippen LogP contribution < -0.4 is 11.1 Å². The van der Waals surface area contributed by atoms with Gasteiger partial charge < -0.3 is 31.1 Å². The molecule has 11 heteroatoms. The van der Waals surface area contributed by atoms with Gasteiger partial charge in [-0.2, -0.15) is 4.98 Å². The van der Waals surface area contributed by atoms with E-state index in [9.17, 15) is 15.3 Å². The molecular weight excluding hydrogens is 324 g/mol. The second-order valence-corrected chi connectivity index (χ2v) is 5.56. The lowest BCUT2D eigenvalue weighted by molar-refractivity contribution is -0.0511. The van der Waals surface area contributed by atoms with E-state index in [4.69, 9.17) is 10.5 Å². The Bertz CT molecular complexity index is 697. The zero-order valence-electron chi connectivity index (χ0n) is 12.1. The minimum Gasteiger partial charge on any atom is -0.394 e. The molecule has 0 amide bonds. The molecule has 10 nitrogen and oxygen atoms in total. The molecule has 1 saturated heterocycles. The number of ether oxygens (including phenoxy) is 1. The predicted octanol–water partition coefficient (Wildman–Crippen LogP) is -1.90. The maximum Gasteiger partial charge on any atom is 0.225 e. The first-order valence-corrected chi connectivity index (χ1v) is 7.51. The zero-order chi connectivity index (χ0) is 16.6. The SMILES string of the molecule is NCCNc1nc(S)c2ncn([C@@H]3O[C@H](CO)C(O)C3O)c2n1. The highest BCUT2D eigenvalue weighted by atomic mass is 32.1. The summed E-state index contributed by atoms with van der Waals surface area (Å²) in [6.07, 6.45) is -2.79. The first kappa shape index (κ1) is 16.4. The summed E-state index contributed by atoms with van der Waals surface area (Å²) in [5.41, 5.74) is 6.26. The van der Waals surface area contributed by atoms with Gasteiger partial charge in [-0.25, -0.2) is 9.97 Å². The molecule has 126 valence electrons. The molecule has 2 aromatic heterocycles. The summed E-state index contributed by atoms with van der Waals surface area (Å²) in [4.78, 5) is 12.7. The van der Waals surface area contributed by atoms with Crippen molar-refractivity contribution in [2.24, 2.45) is 5.73 Å². The van der Waals surface area contributed by atoms with Crippen molar-refractivity contribution in [1.82, 2.24) is 19.5 Å². The molecule has 0 spiro atoms. The number of rotatable bonds is 5. The van der Waals surface area contributed by atoms with Crippen molar-refractivity contribution in [3.63, 3.8) is 0 Å². The molecule has 3 heterocycles. The van der Waals surface area contributed by atoms with Gasteiger partial charge in [-0.3, -0.25) is 4.57 Å². The topological polar surface area (TPSA) is 152 Å². The predicted molar refractivity (Wildman–Crippen MR) is 83.1 cm³/mol. The number of aromatic nitrogens is 4. The number of nitrogens with zero attached hydrogens (tertiary/aromatic N) is 4. The summed E-state index contributed by atoms with van der Waals surface area (Å²) in [6.45, 7) is 0.496. The lowest BCUT2D eigenvalue weighted by Crippen LogP contribution is -2.33. The number of aliphatic hydroxyl groups is 3. The maximum atomic E-state index is 10.1. The number of imidazole rings is 1. The van der Waals surface area contributed by atoms with E-state index in [-0.39, 0.29) is 0 Å². The van der Waals surface area contributed by atoms with Gasteiger partial charge in [0.15, 0.2) is 11.9 Å². The summed E-state index contributed by atoms with van der Waals surface area (Å²) < 4.78 is 6.98. The number of fused-ring (bicyclic) bond motifs is 1. The molecule has 3 rings (SSSR count). The molecule has 0 radical (unpaired) electrons. The lowest BCUT2D eigenvalue weighted by Gasteiger charge is -2.16. The number of anilines is 1. The summed E-state index contributed by atoms with van der Waals surface area (Å²) in [6, 6.07) is 0. The van der Waals surface area contributed by atoms with Crippen LogP contribution in [-0.2, 0) is 4.74 Å². The highest BCUT2D eigenvalue weighted by molar-refractivity contribution is 7.80. The first-order valence-electron chi connectivity index (χ1n) is 7.06. The second-order valence-electron chi connectivity index (χ2n) is 5.14. The number of thiol groups is 1. The number of hydrogen-bond donors (Lipinski definition) is 6. The van der Waals surface area contributed by atoms with E-state index in [2.05, 4.69) is 32.9 Å². The Morgan fingerprint density at radius 1 is 1.35 bits per heavy atom. The zero-order valence-corrected chi connectivity index (χ0v) is 13.0. The van der Waals surface area contributed by atoms with Crippen molar-refractivity contribution < 1.29 is 20.1 Å². The molecule has 1 aliphatic heterocycles. The average Bonchev–Trinajstić information content (AvgIpc) is 3.08. The van der Waals surface area contributed by atoms with Gasteiger partial charge in [0.05, 0.1) is 12.9 Å². The molecular formula is C12H18N6O4S. The van der Waals surface area contributed by atoms with Crippen LogP contribution in [0.5, 0.6) is 0 Å². The molecule has 0 aliphatic carbocycles. The summed E-state index contributed by atoms with van der Waals surface area (Å²) in [5, 5.41) is 32.5. The Morgan fingerprint density at radius 3 is 2.78 bits per heavy atom. The van der Waals surface area contributed by atoms with Crippen LogP contribution in [0.3, 0.4) is 0 Å². The Morgan fingerprint density at radius 2 is 2.13 bits per heavy atom. The van der Waals surface area contributed by atoms with Crippen molar-refractivity contribution in [3.05, 3.63) is 6.33 Å². The van der Waals surface area contributed by atoms with Gasteiger partial charge in [0.1, 0.15) is 28.9 Å². The highest BCUT2D eigenvalue weighted by Gasteiger charge is 2.44. The molecule has 0 aromatic carbocycles. The third kappa shape index (κ3) is 2.86. The molecule has 0 saturated carbocycles. The third-order valence-electron chi connectivity index (χ3n) is 3.62. The van der Waals surface area contributed by atoms with Crippen LogP contribution in [-0.4, -0.2) is 72.8 Å². The van der Waals surface area contributed by atoms with Gasteiger partial charge in [-0.15, -0.1) is 12.6 Å². The molecule has 6 N–H and O–H groups in total. The van der Waals surface area contributed by atoms with E-state index in [1.165, 1.54) is 10.9 Å². The Kier molecular flexibility index (Phi) is 4.66. The van der Waals surface area contributed by atoms with Crippen LogP contribution in [0.4, 0.5) is 5.95 Å². The largest absolute Gasteiger partial charge is 0.394 e. The van der Waals surface area contributed by atoms with Crippen LogP contribution in [0.15, 0.2) is 11.4 Å². The Balaban J connectivity index is 1.99. The lowest BCUT2D eigenvalue weighted by atomic mass is 10.1. The minimum absolute atomic E-state index is 0.321. The molecule has 4 atom stereocenters. The number of aliphatic hydroxyl groups excluding tert-OH is 3. The van der Waals surface area contributed by atoms with Crippen LogP contribution in [0.25, 0.3) is 11.2 Å². The van der Waals surface area contributed by atoms with Crippen LogP contribution in [0, 0.1) is 0 Å². The smallest absolute Gasteiger partial charge is 0.225 e. The monoisotopic (exact) mass is 342 g/mol. The van der Waals surface area contributed by atoms with Crippen LogP contribution in [0.2, 0.25) is 0 Å². The minimum atomic E-state index is -1.22. The number of hydrogen-bond acceptors (Lipinski definition) is 10. The summed E-state index contributed by atoms with van der Waals surface area (Å²) >= 11 is 4.28. The van der Waals surface area contributed by atoms with Crippen LogP contribution >= 0.6 is 12.6 Å². The molecule has 1 fully saturated rings. The quantitative estimate of drug-likeness (QED) is 0.270. The standard InChI is InChI=1S/C12H18N6O4S/c13-1-2-14-12-16-9-6(10(23)17-12)15-4-18(9)11-8(21)7(20)5(3-19)22-11/h4-5,7-8,11,19-21H,1-3,13H2,(H2,14,16,17,23)/t5-,7?,8?,11-/m1/s1. The molecule has 23 heavy (non-hydrogen) atoms. The number of nitrogens with one attached hydrogen (secondary N) is 1.